The van der Waals surface area contributed by atoms with E-state index in [-0.39, 0.29) is 0 Å². The zero-order valence-electron chi connectivity index (χ0n) is 7.09. The van der Waals surface area contributed by atoms with Gasteiger partial charge in [-0.1, -0.05) is 18.3 Å². The van der Waals surface area contributed by atoms with E-state index in [0.717, 1.165) is 16.6 Å². The van der Waals surface area contributed by atoms with Crippen LogP contribution in [-0.2, 0) is 0 Å². The van der Waals surface area contributed by atoms with Crippen LogP contribution < -0.4 is 5.32 Å². The molecule has 11 heavy (non-hydrogen) atoms. The molecule has 0 saturated heterocycles. The average Bonchev–Trinajstić information content (AvgIpc) is 2.35. The second-order valence-electron chi connectivity index (χ2n) is 2.58. The highest BCUT2D eigenvalue weighted by atomic mass is 32.1. The van der Waals surface area contributed by atoms with Crippen molar-refractivity contribution >= 4 is 16.5 Å². The molecule has 1 aromatic rings. The standard InChI is InChI=1S/C7H13N3S/c1-4-5(2)8-7-10-9-6(3)11-7/h5H,4H2,1-3H3,(H,8,10). The van der Waals surface area contributed by atoms with Gasteiger partial charge in [-0.3, -0.25) is 0 Å². The molecule has 1 unspecified atom stereocenters. The van der Waals surface area contributed by atoms with Crippen LogP contribution in [0.1, 0.15) is 25.3 Å². The fourth-order valence-electron chi connectivity index (χ4n) is 0.668. The highest BCUT2D eigenvalue weighted by molar-refractivity contribution is 7.15. The predicted octanol–water partition coefficient (Wildman–Crippen LogP) is 2.06. The first-order valence-corrected chi connectivity index (χ1v) is 4.60. The highest BCUT2D eigenvalue weighted by Crippen LogP contribution is 2.14. The molecule has 0 amide bonds. The minimum atomic E-state index is 0.488. The van der Waals surface area contributed by atoms with Gasteiger partial charge in [-0.2, -0.15) is 0 Å². The van der Waals surface area contributed by atoms with Gasteiger partial charge in [-0.05, 0) is 20.3 Å². The summed E-state index contributed by atoms with van der Waals surface area (Å²) in [5.41, 5.74) is 0. The molecule has 62 valence electrons. The van der Waals surface area contributed by atoms with Gasteiger partial charge in [-0.25, -0.2) is 0 Å². The largest absolute Gasteiger partial charge is 0.358 e. The summed E-state index contributed by atoms with van der Waals surface area (Å²) in [4.78, 5) is 0. The Morgan fingerprint density at radius 3 is 2.73 bits per heavy atom. The van der Waals surface area contributed by atoms with E-state index in [1.807, 2.05) is 6.92 Å². The third kappa shape index (κ3) is 2.46. The number of anilines is 1. The number of hydrogen-bond donors (Lipinski definition) is 1. The predicted molar refractivity (Wildman–Crippen MR) is 48.0 cm³/mol. The van der Waals surface area contributed by atoms with E-state index in [2.05, 4.69) is 29.4 Å². The Kier molecular flexibility index (Phi) is 2.82. The zero-order valence-corrected chi connectivity index (χ0v) is 7.90. The van der Waals surface area contributed by atoms with Gasteiger partial charge in [0.1, 0.15) is 5.01 Å². The fraction of sp³-hybridized carbons (Fsp3) is 0.714. The topological polar surface area (TPSA) is 37.8 Å². The van der Waals surface area contributed by atoms with Crippen LogP contribution in [0.15, 0.2) is 0 Å². The van der Waals surface area contributed by atoms with Crippen molar-refractivity contribution in [2.45, 2.75) is 33.2 Å². The molecule has 0 radical (unpaired) electrons. The minimum absolute atomic E-state index is 0.488. The van der Waals surface area contributed by atoms with E-state index in [1.54, 1.807) is 11.3 Å². The molecule has 0 aromatic carbocycles. The Morgan fingerprint density at radius 2 is 2.27 bits per heavy atom. The molecule has 0 saturated carbocycles. The van der Waals surface area contributed by atoms with Crippen molar-refractivity contribution in [2.75, 3.05) is 5.32 Å². The summed E-state index contributed by atoms with van der Waals surface area (Å²) in [5, 5.41) is 13.1. The molecule has 1 N–H and O–H groups in total. The van der Waals surface area contributed by atoms with Gasteiger partial charge in [0, 0.05) is 6.04 Å². The van der Waals surface area contributed by atoms with Gasteiger partial charge >= 0.3 is 0 Å². The molecule has 0 spiro atoms. The van der Waals surface area contributed by atoms with E-state index in [9.17, 15) is 0 Å². The van der Waals surface area contributed by atoms with Gasteiger partial charge in [0.15, 0.2) is 0 Å². The molecule has 0 fully saturated rings. The summed E-state index contributed by atoms with van der Waals surface area (Å²) in [6, 6.07) is 0.488. The van der Waals surface area contributed by atoms with Crippen molar-refractivity contribution in [2.24, 2.45) is 0 Å². The van der Waals surface area contributed by atoms with Crippen LogP contribution >= 0.6 is 11.3 Å². The van der Waals surface area contributed by atoms with E-state index in [1.165, 1.54) is 0 Å². The van der Waals surface area contributed by atoms with Gasteiger partial charge in [0.25, 0.3) is 0 Å². The first-order valence-electron chi connectivity index (χ1n) is 3.79. The zero-order chi connectivity index (χ0) is 8.27. The normalized spacial score (nSPS) is 13.0. The number of hydrogen-bond acceptors (Lipinski definition) is 4. The lowest BCUT2D eigenvalue weighted by atomic mass is 10.3. The molecule has 1 heterocycles. The second kappa shape index (κ2) is 3.67. The molecule has 0 aliphatic heterocycles. The van der Waals surface area contributed by atoms with Crippen LogP contribution in [0.4, 0.5) is 5.13 Å². The van der Waals surface area contributed by atoms with Crippen molar-refractivity contribution in [3.8, 4) is 0 Å². The molecule has 1 rings (SSSR count). The van der Waals surface area contributed by atoms with Crippen LogP contribution in [0.25, 0.3) is 0 Å². The van der Waals surface area contributed by atoms with Crippen LogP contribution in [0.2, 0.25) is 0 Å². The molecule has 0 aliphatic rings. The molecular weight excluding hydrogens is 158 g/mol. The Labute approximate surface area is 70.9 Å². The van der Waals surface area contributed by atoms with E-state index >= 15 is 0 Å². The van der Waals surface area contributed by atoms with Crippen molar-refractivity contribution in [1.82, 2.24) is 10.2 Å². The summed E-state index contributed by atoms with van der Waals surface area (Å²) in [5.74, 6) is 0. The van der Waals surface area contributed by atoms with Crippen molar-refractivity contribution in [3.63, 3.8) is 0 Å². The SMILES string of the molecule is CCC(C)Nc1nnc(C)s1. The maximum absolute atomic E-state index is 3.96. The van der Waals surface area contributed by atoms with Gasteiger partial charge in [0.2, 0.25) is 5.13 Å². The number of rotatable bonds is 3. The van der Waals surface area contributed by atoms with E-state index < -0.39 is 0 Å². The average molecular weight is 171 g/mol. The fourth-order valence-corrected chi connectivity index (χ4v) is 1.37. The first kappa shape index (κ1) is 8.46. The van der Waals surface area contributed by atoms with Crippen LogP contribution in [0.3, 0.4) is 0 Å². The maximum Gasteiger partial charge on any atom is 0.205 e. The minimum Gasteiger partial charge on any atom is -0.358 e. The van der Waals surface area contributed by atoms with Crippen LogP contribution in [-0.4, -0.2) is 16.2 Å². The maximum atomic E-state index is 3.96. The quantitative estimate of drug-likeness (QED) is 0.756. The summed E-state index contributed by atoms with van der Waals surface area (Å²) < 4.78 is 0. The highest BCUT2D eigenvalue weighted by Gasteiger charge is 2.02. The van der Waals surface area contributed by atoms with E-state index in [0.29, 0.717) is 6.04 Å². The molecule has 0 aliphatic carbocycles. The van der Waals surface area contributed by atoms with Gasteiger partial charge in [-0.15, -0.1) is 10.2 Å². The van der Waals surface area contributed by atoms with Gasteiger partial charge in [0.05, 0.1) is 0 Å². The molecule has 1 aromatic heterocycles. The Hall–Kier alpha value is -0.640. The lowest BCUT2D eigenvalue weighted by Crippen LogP contribution is -2.12. The summed E-state index contributed by atoms with van der Waals surface area (Å²) in [6.07, 6.45) is 1.11. The molecular formula is C7H13N3S. The molecule has 3 nitrogen and oxygen atoms in total. The second-order valence-corrected chi connectivity index (χ2v) is 3.76. The summed E-state index contributed by atoms with van der Waals surface area (Å²) in [6.45, 7) is 6.24. The summed E-state index contributed by atoms with van der Waals surface area (Å²) >= 11 is 1.60. The number of aryl methyl sites for hydroxylation is 1. The third-order valence-corrected chi connectivity index (χ3v) is 2.28. The first-order chi connectivity index (χ1) is 5.22. The number of aromatic nitrogens is 2. The van der Waals surface area contributed by atoms with Crippen LogP contribution in [0, 0.1) is 6.92 Å². The monoisotopic (exact) mass is 171 g/mol. The number of nitrogens with one attached hydrogen (secondary N) is 1. The van der Waals surface area contributed by atoms with Crippen molar-refractivity contribution < 1.29 is 0 Å². The molecule has 1 atom stereocenters. The molecule has 4 heteroatoms. The lowest BCUT2D eigenvalue weighted by Gasteiger charge is -2.07. The summed E-state index contributed by atoms with van der Waals surface area (Å²) in [7, 11) is 0. The van der Waals surface area contributed by atoms with E-state index in [4.69, 9.17) is 0 Å². The van der Waals surface area contributed by atoms with Gasteiger partial charge < -0.3 is 5.32 Å². The number of nitrogens with zero attached hydrogens (tertiary/aromatic N) is 2. The third-order valence-electron chi connectivity index (χ3n) is 1.51. The van der Waals surface area contributed by atoms with Crippen molar-refractivity contribution in [1.29, 1.82) is 0 Å². The van der Waals surface area contributed by atoms with Crippen LogP contribution in [0.5, 0.6) is 0 Å². The Morgan fingerprint density at radius 1 is 1.55 bits per heavy atom. The lowest BCUT2D eigenvalue weighted by molar-refractivity contribution is 0.760. The Bertz CT molecular complexity index is 221. The Balaban J connectivity index is 2.50. The molecule has 0 bridgehead atoms. The smallest absolute Gasteiger partial charge is 0.205 e. The van der Waals surface area contributed by atoms with Crippen molar-refractivity contribution in [3.05, 3.63) is 5.01 Å².